The monoisotopic (exact) mass is 542 g/mol. The molecule has 0 radical (unpaired) electrons. The predicted octanol–water partition coefficient (Wildman–Crippen LogP) is 5.73. The average molecular weight is 543 g/mol. The molecule has 210 valence electrons. The molecule has 3 aromatic rings. The maximum atomic E-state index is 13.9. The van der Waals surface area contributed by atoms with Crippen LogP contribution in [0.1, 0.15) is 68.5 Å². The van der Waals surface area contributed by atoms with Gasteiger partial charge in [-0.3, -0.25) is 19.3 Å². The predicted molar refractivity (Wildman–Crippen MR) is 156 cm³/mol. The van der Waals surface area contributed by atoms with Gasteiger partial charge in [-0.2, -0.15) is 0 Å². The quantitative estimate of drug-likeness (QED) is 0.322. The van der Waals surface area contributed by atoms with E-state index in [1.54, 1.807) is 60.7 Å². The number of anilines is 2. The van der Waals surface area contributed by atoms with Crippen LogP contribution in [0.2, 0.25) is 0 Å². The lowest BCUT2D eigenvalue weighted by molar-refractivity contribution is -0.127. The van der Waals surface area contributed by atoms with Gasteiger partial charge in [-0.05, 0) is 68.1 Å². The minimum Gasteiger partial charge on any atom is -0.497 e. The molecule has 2 N–H and O–H groups in total. The van der Waals surface area contributed by atoms with Crippen LogP contribution >= 0.6 is 0 Å². The zero-order valence-corrected chi connectivity index (χ0v) is 23.3. The summed E-state index contributed by atoms with van der Waals surface area (Å²) < 4.78 is 5.32. The fraction of sp³-hybridized carbons (Fsp3) is 0.375. The Balaban J connectivity index is 1.58. The third-order valence-electron chi connectivity index (χ3n) is 7.20. The highest BCUT2D eigenvalue weighted by Gasteiger charge is 2.34. The summed E-state index contributed by atoms with van der Waals surface area (Å²) in [5, 5.41) is 5.99. The number of carbonyl (C=O) groups is 3. The number of benzene rings is 2. The average Bonchev–Trinajstić information content (AvgIpc) is 2.97. The Morgan fingerprint density at radius 3 is 2.33 bits per heavy atom. The lowest BCUT2D eigenvalue weighted by atomic mass is 9.94. The van der Waals surface area contributed by atoms with Crippen molar-refractivity contribution in [1.82, 2.24) is 10.3 Å². The molecule has 4 rings (SSSR count). The van der Waals surface area contributed by atoms with Gasteiger partial charge in [-0.1, -0.05) is 55.2 Å². The van der Waals surface area contributed by atoms with E-state index < -0.39 is 6.04 Å². The van der Waals surface area contributed by atoms with Gasteiger partial charge in [-0.25, -0.2) is 4.98 Å². The molecule has 40 heavy (non-hydrogen) atoms. The normalized spacial score (nSPS) is 14.2. The lowest BCUT2D eigenvalue weighted by Crippen LogP contribution is -2.47. The van der Waals surface area contributed by atoms with Crippen LogP contribution in [-0.2, 0) is 14.4 Å². The van der Waals surface area contributed by atoms with Crippen LogP contribution in [0.15, 0.2) is 72.9 Å². The molecule has 1 heterocycles. The minimum absolute atomic E-state index is 0.0947. The molecule has 2 aromatic carbocycles. The standard InChI is InChI=1S/C32H38N4O4/c1-23-14-16-24(17-15-23)31(32(39)34-25-9-4-3-5-10-25)36(26-18-20-27(40-2)21-19-26)30(38)13-8-12-29(37)35-28-11-6-7-22-33-28/h6-7,11,14-22,25,31H,3-5,8-10,12-13H2,1-2H3,(H,34,39)(H,33,35,37). The number of aryl methyl sites for hydroxylation is 1. The van der Waals surface area contributed by atoms with E-state index >= 15 is 0 Å². The topological polar surface area (TPSA) is 101 Å². The van der Waals surface area contributed by atoms with Crippen molar-refractivity contribution in [3.05, 3.63) is 84.1 Å². The van der Waals surface area contributed by atoms with Crippen molar-refractivity contribution < 1.29 is 19.1 Å². The summed E-state index contributed by atoms with van der Waals surface area (Å²) in [5.41, 5.74) is 2.39. The summed E-state index contributed by atoms with van der Waals surface area (Å²) in [6, 6.07) is 19.4. The van der Waals surface area contributed by atoms with Crippen molar-refractivity contribution in [2.45, 2.75) is 70.4 Å². The molecule has 0 saturated heterocycles. The number of hydrogen-bond donors (Lipinski definition) is 2. The largest absolute Gasteiger partial charge is 0.497 e. The van der Waals surface area contributed by atoms with Crippen molar-refractivity contribution >= 4 is 29.2 Å². The number of nitrogens with zero attached hydrogens (tertiary/aromatic N) is 2. The molecule has 0 spiro atoms. The molecule has 8 heteroatoms. The number of carbonyl (C=O) groups excluding carboxylic acids is 3. The van der Waals surface area contributed by atoms with Gasteiger partial charge >= 0.3 is 0 Å². The number of pyridine rings is 1. The van der Waals surface area contributed by atoms with Crippen LogP contribution in [0.4, 0.5) is 11.5 Å². The maximum Gasteiger partial charge on any atom is 0.248 e. The molecule has 1 unspecified atom stereocenters. The Bertz CT molecular complexity index is 1260. The Morgan fingerprint density at radius 2 is 1.68 bits per heavy atom. The molecule has 1 aromatic heterocycles. The number of ether oxygens (including phenoxy) is 1. The zero-order valence-electron chi connectivity index (χ0n) is 23.3. The first kappa shape index (κ1) is 28.8. The highest BCUT2D eigenvalue weighted by Crippen LogP contribution is 2.31. The van der Waals surface area contributed by atoms with Gasteiger partial charge in [0.25, 0.3) is 0 Å². The van der Waals surface area contributed by atoms with E-state index in [1.165, 1.54) is 6.42 Å². The highest BCUT2D eigenvalue weighted by atomic mass is 16.5. The Hall–Kier alpha value is -4.20. The fourth-order valence-electron chi connectivity index (χ4n) is 5.04. The second-order valence-electron chi connectivity index (χ2n) is 10.2. The number of nitrogens with one attached hydrogen (secondary N) is 2. The van der Waals surface area contributed by atoms with E-state index in [9.17, 15) is 14.4 Å². The van der Waals surface area contributed by atoms with E-state index in [1.807, 2.05) is 31.2 Å². The molecule has 0 bridgehead atoms. The molecule has 0 aliphatic heterocycles. The summed E-state index contributed by atoms with van der Waals surface area (Å²) in [5.74, 6) is 0.471. The lowest BCUT2D eigenvalue weighted by Gasteiger charge is -2.33. The second-order valence-corrected chi connectivity index (χ2v) is 10.2. The number of methoxy groups -OCH3 is 1. The molecule has 8 nitrogen and oxygen atoms in total. The third kappa shape index (κ3) is 7.91. The van der Waals surface area contributed by atoms with Crippen LogP contribution in [0, 0.1) is 6.92 Å². The molecule has 1 fully saturated rings. The summed E-state index contributed by atoms with van der Waals surface area (Å²) in [6.45, 7) is 1.99. The van der Waals surface area contributed by atoms with Gasteiger partial charge in [0, 0.05) is 30.8 Å². The van der Waals surface area contributed by atoms with Crippen molar-refractivity contribution in [2.24, 2.45) is 0 Å². The summed E-state index contributed by atoms with van der Waals surface area (Å²) in [7, 11) is 1.58. The molecule has 1 atom stereocenters. The second kappa shape index (κ2) is 14.3. The third-order valence-corrected chi connectivity index (χ3v) is 7.20. The molecular weight excluding hydrogens is 504 g/mol. The first-order chi connectivity index (χ1) is 19.4. The summed E-state index contributed by atoms with van der Waals surface area (Å²) >= 11 is 0. The van der Waals surface area contributed by atoms with Crippen molar-refractivity contribution in [2.75, 3.05) is 17.3 Å². The number of amides is 3. The SMILES string of the molecule is COc1ccc(N(C(=O)CCCC(=O)Nc2ccccn2)C(C(=O)NC2CCCCC2)c2ccc(C)cc2)cc1. The molecule has 1 saturated carbocycles. The van der Waals surface area contributed by atoms with Gasteiger partial charge in [0.1, 0.15) is 17.6 Å². The molecule has 3 amide bonds. The van der Waals surface area contributed by atoms with E-state index in [4.69, 9.17) is 4.74 Å². The van der Waals surface area contributed by atoms with E-state index in [2.05, 4.69) is 15.6 Å². The van der Waals surface area contributed by atoms with E-state index in [0.29, 0.717) is 23.7 Å². The van der Waals surface area contributed by atoms with Gasteiger partial charge < -0.3 is 15.4 Å². The van der Waals surface area contributed by atoms with Gasteiger partial charge in [0.15, 0.2) is 0 Å². The Labute approximate surface area is 236 Å². The first-order valence-corrected chi connectivity index (χ1v) is 14.0. The molecule has 1 aliphatic rings. The van der Waals surface area contributed by atoms with Crippen LogP contribution in [-0.4, -0.2) is 35.9 Å². The van der Waals surface area contributed by atoms with E-state index in [0.717, 1.165) is 36.8 Å². The van der Waals surface area contributed by atoms with Crippen LogP contribution in [0.3, 0.4) is 0 Å². The van der Waals surface area contributed by atoms with Crippen molar-refractivity contribution in [3.63, 3.8) is 0 Å². The van der Waals surface area contributed by atoms with Crippen LogP contribution < -0.4 is 20.3 Å². The van der Waals surface area contributed by atoms with Crippen LogP contribution in [0.25, 0.3) is 0 Å². The Morgan fingerprint density at radius 1 is 0.950 bits per heavy atom. The van der Waals surface area contributed by atoms with Crippen molar-refractivity contribution in [1.29, 1.82) is 0 Å². The van der Waals surface area contributed by atoms with E-state index in [-0.39, 0.29) is 36.6 Å². The van der Waals surface area contributed by atoms with Gasteiger partial charge in [0.2, 0.25) is 17.7 Å². The summed E-state index contributed by atoms with van der Waals surface area (Å²) in [4.78, 5) is 46.0. The fourth-order valence-corrected chi connectivity index (χ4v) is 5.04. The highest BCUT2D eigenvalue weighted by molar-refractivity contribution is 6.01. The molecular formula is C32H38N4O4. The smallest absolute Gasteiger partial charge is 0.248 e. The van der Waals surface area contributed by atoms with Gasteiger partial charge in [-0.15, -0.1) is 0 Å². The number of hydrogen-bond acceptors (Lipinski definition) is 5. The van der Waals surface area contributed by atoms with Gasteiger partial charge in [0.05, 0.1) is 7.11 Å². The minimum atomic E-state index is -0.856. The van der Waals surface area contributed by atoms with Crippen LogP contribution in [0.5, 0.6) is 5.75 Å². The van der Waals surface area contributed by atoms with Crippen molar-refractivity contribution in [3.8, 4) is 5.75 Å². The summed E-state index contributed by atoms with van der Waals surface area (Å²) in [6.07, 6.45) is 7.41. The number of rotatable bonds is 11. The zero-order chi connectivity index (χ0) is 28.3. The first-order valence-electron chi connectivity index (χ1n) is 14.0. The maximum absolute atomic E-state index is 13.9. The Kier molecular flexibility index (Phi) is 10.3. The number of aromatic nitrogens is 1. The molecule has 1 aliphatic carbocycles.